The quantitative estimate of drug-likeness (QED) is 0.380. The summed E-state index contributed by atoms with van der Waals surface area (Å²) in [6.45, 7) is 6.41. The Morgan fingerprint density at radius 1 is 1.31 bits per heavy atom. The van der Waals surface area contributed by atoms with Crippen molar-refractivity contribution in [3.63, 3.8) is 0 Å². The van der Waals surface area contributed by atoms with Gasteiger partial charge in [0, 0.05) is 41.7 Å². The minimum Gasteiger partial charge on any atom is -0.356 e. The molecule has 0 atom stereocenters. The number of hydrogen-bond donors (Lipinski definition) is 2. The number of thiophene rings is 1. The summed E-state index contributed by atoms with van der Waals surface area (Å²) in [7, 11) is 1.82. The summed E-state index contributed by atoms with van der Waals surface area (Å²) in [5.41, 5.74) is 3.09. The first-order valence-electron chi connectivity index (χ1n) is 9.01. The van der Waals surface area contributed by atoms with Crippen molar-refractivity contribution < 1.29 is 0 Å². The first kappa shape index (κ1) is 21.2. The molecule has 0 bridgehead atoms. The van der Waals surface area contributed by atoms with Crippen LogP contribution in [0.5, 0.6) is 0 Å². The van der Waals surface area contributed by atoms with Crippen LogP contribution in [-0.4, -0.2) is 24.5 Å². The molecular formula is C20H29IN4S. The van der Waals surface area contributed by atoms with E-state index in [0.29, 0.717) is 5.41 Å². The summed E-state index contributed by atoms with van der Waals surface area (Å²) in [4.78, 5) is 11.6. The number of halogens is 1. The number of fused-ring (bicyclic) bond motifs is 1. The number of hydrogen-bond acceptors (Lipinski definition) is 3. The zero-order chi connectivity index (χ0) is 17.7. The van der Waals surface area contributed by atoms with E-state index < -0.39 is 0 Å². The Morgan fingerprint density at radius 3 is 2.88 bits per heavy atom. The van der Waals surface area contributed by atoms with Gasteiger partial charge in [-0.1, -0.05) is 19.9 Å². The zero-order valence-corrected chi connectivity index (χ0v) is 19.0. The predicted octanol–water partition coefficient (Wildman–Crippen LogP) is 4.18. The van der Waals surface area contributed by atoms with E-state index in [0.717, 1.165) is 31.2 Å². The van der Waals surface area contributed by atoms with Gasteiger partial charge in [-0.15, -0.1) is 35.3 Å². The van der Waals surface area contributed by atoms with E-state index in [4.69, 9.17) is 0 Å². The van der Waals surface area contributed by atoms with Gasteiger partial charge in [-0.3, -0.25) is 9.98 Å². The number of pyridine rings is 1. The molecule has 2 N–H and O–H groups in total. The maximum atomic E-state index is 4.35. The number of nitrogens with one attached hydrogen (secondary N) is 2. The van der Waals surface area contributed by atoms with Crippen LogP contribution >= 0.6 is 35.3 Å². The average Bonchev–Trinajstić information content (AvgIpc) is 2.99. The van der Waals surface area contributed by atoms with Crippen molar-refractivity contribution in [3.8, 4) is 0 Å². The van der Waals surface area contributed by atoms with Crippen LogP contribution in [0, 0.1) is 5.41 Å². The zero-order valence-electron chi connectivity index (χ0n) is 15.8. The fourth-order valence-electron chi connectivity index (χ4n) is 3.28. The number of aliphatic imine (C=N–C) groups is 1. The smallest absolute Gasteiger partial charge is 0.191 e. The molecule has 1 aliphatic rings. The molecule has 0 aromatic carbocycles. The molecule has 0 saturated heterocycles. The van der Waals surface area contributed by atoms with Gasteiger partial charge in [0.05, 0.1) is 6.54 Å². The lowest BCUT2D eigenvalue weighted by Crippen LogP contribution is -2.37. The monoisotopic (exact) mass is 484 g/mol. The van der Waals surface area contributed by atoms with E-state index in [1.165, 1.54) is 24.1 Å². The van der Waals surface area contributed by atoms with Crippen LogP contribution in [0.25, 0.3) is 0 Å². The highest BCUT2D eigenvalue weighted by Gasteiger charge is 2.26. The normalized spacial score (nSPS) is 15.7. The van der Waals surface area contributed by atoms with Crippen LogP contribution in [0.2, 0.25) is 0 Å². The lowest BCUT2D eigenvalue weighted by molar-refractivity contribution is 0.318. The molecule has 0 unspecified atom stereocenters. The van der Waals surface area contributed by atoms with Crippen LogP contribution in [0.15, 0.2) is 35.5 Å². The van der Waals surface area contributed by atoms with Crippen molar-refractivity contribution in [2.45, 2.75) is 46.1 Å². The molecule has 0 saturated carbocycles. The van der Waals surface area contributed by atoms with Crippen molar-refractivity contribution in [1.29, 1.82) is 0 Å². The van der Waals surface area contributed by atoms with Gasteiger partial charge in [0.25, 0.3) is 0 Å². The molecule has 1 aliphatic carbocycles. The minimum absolute atomic E-state index is 0. The fraction of sp³-hybridized carbons (Fsp3) is 0.500. The maximum Gasteiger partial charge on any atom is 0.191 e. The van der Waals surface area contributed by atoms with Gasteiger partial charge in [0.2, 0.25) is 0 Å². The van der Waals surface area contributed by atoms with Crippen molar-refractivity contribution in [3.05, 3.63) is 51.5 Å². The third-order valence-electron chi connectivity index (χ3n) is 4.70. The Morgan fingerprint density at radius 2 is 2.15 bits per heavy atom. The molecule has 26 heavy (non-hydrogen) atoms. The Labute approximate surface area is 177 Å². The first-order valence-corrected chi connectivity index (χ1v) is 9.82. The number of rotatable bonds is 5. The number of nitrogens with zero attached hydrogens (tertiary/aromatic N) is 2. The maximum absolute atomic E-state index is 4.35. The first-order chi connectivity index (χ1) is 12.1. The van der Waals surface area contributed by atoms with Crippen LogP contribution in [0.4, 0.5) is 0 Å². The van der Waals surface area contributed by atoms with Gasteiger partial charge in [-0.25, -0.2) is 0 Å². The highest BCUT2D eigenvalue weighted by atomic mass is 127. The van der Waals surface area contributed by atoms with E-state index in [1.807, 2.05) is 36.7 Å². The fourth-order valence-corrected chi connectivity index (χ4v) is 4.41. The molecule has 142 valence electrons. The van der Waals surface area contributed by atoms with Gasteiger partial charge >= 0.3 is 0 Å². The van der Waals surface area contributed by atoms with Gasteiger partial charge in [0.1, 0.15) is 0 Å². The Hall–Kier alpha value is -1.15. The third kappa shape index (κ3) is 5.94. The third-order valence-corrected chi connectivity index (χ3v) is 5.94. The molecule has 6 heteroatoms. The van der Waals surface area contributed by atoms with Gasteiger partial charge in [0.15, 0.2) is 5.96 Å². The highest BCUT2D eigenvalue weighted by molar-refractivity contribution is 14.0. The summed E-state index contributed by atoms with van der Waals surface area (Å²) >= 11 is 1.95. The molecule has 0 fully saturated rings. The van der Waals surface area contributed by atoms with Crippen LogP contribution in [0.1, 0.15) is 41.3 Å². The highest BCUT2D eigenvalue weighted by Crippen LogP contribution is 2.38. The molecule has 2 aromatic rings. The molecule has 0 amide bonds. The molecule has 0 spiro atoms. The summed E-state index contributed by atoms with van der Waals surface area (Å²) in [6, 6.07) is 8.40. The van der Waals surface area contributed by atoms with Crippen LogP contribution in [-0.2, 0) is 25.8 Å². The number of aromatic nitrogens is 1. The van der Waals surface area contributed by atoms with E-state index in [-0.39, 0.29) is 24.0 Å². The molecular weight excluding hydrogens is 455 g/mol. The Balaban J connectivity index is 0.00000243. The molecule has 3 rings (SSSR count). The van der Waals surface area contributed by atoms with Crippen LogP contribution in [0.3, 0.4) is 0 Å². The Bertz CT molecular complexity index is 725. The van der Waals surface area contributed by atoms with Crippen LogP contribution < -0.4 is 10.6 Å². The van der Waals surface area contributed by atoms with Gasteiger partial charge in [-0.2, -0.15) is 0 Å². The molecule has 2 aromatic heterocycles. The molecule has 0 aliphatic heterocycles. The summed E-state index contributed by atoms with van der Waals surface area (Å²) in [5.74, 6) is 0.850. The SMILES string of the molecule is CN=C(NCCc1ccccn1)NCc1cc2c(s1)CCC(C)(C)C2.I. The van der Waals surface area contributed by atoms with E-state index in [2.05, 4.69) is 46.6 Å². The topological polar surface area (TPSA) is 49.3 Å². The van der Waals surface area contributed by atoms with Crippen molar-refractivity contribution in [2.24, 2.45) is 10.4 Å². The van der Waals surface area contributed by atoms with Crippen molar-refractivity contribution in [2.75, 3.05) is 13.6 Å². The standard InChI is InChI=1S/C20H28N4S.HI/c1-20(2)9-7-18-15(13-20)12-17(25-18)14-24-19(21-3)23-11-8-16-6-4-5-10-22-16;/h4-6,10,12H,7-9,11,13-14H2,1-3H3,(H2,21,23,24);1H. The summed E-state index contributed by atoms with van der Waals surface area (Å²) in [5, 5.41) is 6.80. The second kappa shape index (κ2) is 9.69. The van der Waals surface area contributed by atoms with E-state index >= 15 is 0 Å². The molecule has 0 radical (unpaired) electrons. The van der Waals surface area contributed by atoms with E-state index in [1.54, 1.807) is 10.4 Å². The summed E-state index contributed by atoms with van der Waals surface area (Å²) in [6.07, 6.45) is 6.45. The number of aryl methyl sites for hydroxylation is 1. The van der Waals surface area contributed by atoms with E-state index in [9.17, 15) is 0 Å². The number of guanidine groups is 1. The second-order valence-corrected chi connectivity index (χ2v) is 8.65. The lowest BCUT2D eigenvalue weighted by Gasteiger charge is -2.29. The largest absolute Gasteiger partial charge is 0.356 e. The van der Waals surface area contributed by atoms with Crippen molar-refractivity contribution in [1.82, 2.24) is 15.6 Å². The minimum atomic E-state index is 0. The summed E-state index contributed by atoms with van der Waals surface area (Å²) < 4.78 is 0. The van der Waals surface area contributed by atoms with Gasteiger partial charge < -0.3 is 10.6 Å². The van der Waals surface area contributed by atoms with Crippen molar-refractivity contribution >= 4 is 41.3 Å². The van der Waals surface area contributed by atoms with Gasteiger partial charge in [-0.05, 0) is 48.4 Å². The molecule has 2 heterocycles. The molecule has 4 nitrogen and oxygen atoms in total. The second-order valence-electron chi connectivity index (χ2n) is 7.43. The lowest BCUT2D eigenvalue weighted by atomic mass is 9.77. The predicted molar refractivity (Wildman–Crippen MR) is 122 cm³/mol. The Kier molecular flexibility index (Phi) is 7.88. The average molecular weight is 484 g/mol.